The number of benzene rings is 2. The van der Waals surface area contributed by atoms with Crippen LogP contribution in [-0.4, -0.2) is 14.3 Å². The van der Waals surface area contributed by atoms with Crippen molar-refractivity contribution in [3.8, 4) is 0 Å². The number of sulfonamides is 1. The van der Waals surface area contributed by atoms with Crippen LogP contribution in [0.5, 0.6) is 0 Å². The highest BCUT2D eigenvalue weighted by molar-refractivity contribution is 7.89. The minimum absolute atomic E-state index is 0.134. The van der Waals surface area contributed by atoms with Crippen LogP contribution in [0.25, 0.3) is 0 Å². The molecule has 0 aliphatic carbocycles. The number of aryl methyl sites for hydroxylation is 1. The van der Waals surface area contributed by atoms with Crippen molar-refractivity contribution in [3.63, 3.8) is 0 Å². The first-order chi connectivity index (χ1) is 11.9. The number of hydrogen-bond acceptors (Lipinski definition) is 3. The standard InChI is InChI=1S/C17H17F3N2O3S/c1-10-7-14(26(21,24)25)9-15(11(10)2)22-16(23)8-12-3-5-13(6-4-12)17(18,19)20/h3-7,9H,8H2,1-2H3,(H,22,23)(H2,21,24,25). The van der Waals surface area contributed by atoms with Crippen LogP contribution in [0.2, 0.25) is 0 Å². The molecule has 0 atom stereocenters. The second-order valence-corrected chi connectivity index (χ2v) is 7.44. The van der Waals surface area contributed by atoms with Crippen LogP contribution in [-0.2, 0) is 27.4 Å². The zero-order valence-corrected chi connectivity index (χ0v) is 14.8. The molecule has 0 aliphatic heterocycles. The fraction of sp³-hybridized carbons (Fsp3) is 0.235. The number of primary sulfonamides is 1. The minimum Gasteiger partial charge on any atom is -0.326 e. The molecule has 0 saturated heterocycles. The molecule has 2 aromatic rings. The van der Waals surface area contributed by atoms with Gasteiger partial charge in [-0.25, -0.2) is 13.6 Å². The number of anilines is 1. The molecule has 5 nitrogen and oxygen atoms in total. The van der Waals surface area contributed by atoms with E-state index in [1.165, 1.54) is 24.3 Å². The van der Waals surface area contributed by atoms with Gasteiger partial charge >= 0.3 is 6.18 Å². The molecule has 140 valence electrons. The molecule has 3 N–H and O–H groups in total. The third kappa shape index (κ3) is 4.83. The van der Waals surface area contributed by atoms with Crippen molar-refractivity contribution in [1.82, 2.24) is 0 Å². The van der Waals surface area contributed by atoms with E-state index >= 15 is 0 Å². The SMILES string of the molecule is Cc1cc(S(N)(=O)=O)cc(NC(=O)Cc2ccc(C(F)(F)F)cc2)c1C. The summed E-state index contributed by atoms with van der Waals surface area (Å²) in [6.07, 6.45) is -4.60. The molecule has 0 radical (unpaired) electrons. The molecule has 0 fully saturated rings. The average molecular weight is 386 g/mol. The van der Waals surface area contributed by atoms with Crippen LogP contribution in [0, 0.1) is 13.8 Å². The van der Waals surface area contributed by atoms with Crippen molar-refractivity contribution in [2.75, 3.05) is 5.32 Å². The summed E-state index contributed by atoms with van der Waals surface area (Å²) in [6.45, 7) is 3.38. The second kappa shape index (κ2) is 7.08. The van der Waals surface area contributed by atoms with Crippen molar-refractivity contribution >= 4 is 21.6 Å². The van der Waals surface area contributed by atoms with Crippen LogP contribution < -0.4 is 10.5 Å². The van der Waals surface area contributed by atoms with Gasteiger partial charge in [-0.15, -0.1) is 0 Å². The third-order valence-electron chi connectivity index (χ3n) is 3.89. The largest absolute Gasteiger partial charge is 0.416 e. The first kappa shape index (κ1) is 19.9. The van der Waals surface area contributed by atoms with E-state index < -0.39 is 27.7 Å². The van der Waals surface area contributed by atoms with Gasteiger partial charge in [-0.2, -0.15) is 13.2 Å². The van der Waals surface area contributed by atoms with Gasteiger partial charge in [0.2, 0.25) is 15.9 Å². The summed E-state index contributed by atoms with van der Waals surface area (Å²) in [6, 6.07) is 6.90. The lowest BCUT2D eigenvalue weighted by Crippen LogP contribution is -2.18. The van der Waals surface area contributed by atoms with Gasteiger partial charge in [-0.3, -0.25) is 4.79 Å². The van der Waals surface area contributed by atoms with Gasteiger partial charge in [-0.1, -0.05) is 12.1 Å². The Morgan fingerprint density at radius 3 is 2.19 bits per heavy atom. The first-order valence-corrected chi connectivity index (χ1v) is 9.02. The number of rotatable bonds is 4. The Hall–Kier alpha value is -2.39. The Morgan fingerprint density at radius 1 is 1.12 bits per heavy atom. The van der Waals surface area contributed by atoms with Gasteiger partial charge in [0, 0.05) is 5.69 Å². The highest BCUT2D eigenvalue weighted by Crippen LogP contribution is 2.29. The van der Waals surface area contributed by atoms with E-state index in [2.05, 4.69) is 5.32 Å². The quantitative estimate of drug-likeness (QED) is 0.846. The molecular formula is C17H17F3N2O3S. The highest BCUT2D eigenvalue weighted by Gasteiger charge is 2.30. The van der Waals surface area contributed by atoms with E-state index in [0.29, 0.717) is 16.7 Å². The summed E-state index contributed by atoms with van der Waals surface area (Å²) in [5.74, 6) is -0.487. The van der Waals surface area contributed by atoms with Gasteiger partial charge in [0.25, 0.3) is 0 Å². The maximum Gasteiger partial charge on any atom is 0.416 e. The Balaban J connectivity index is 2.19. The second-order valence-electron chi connectivity index (χ2n) is 5.88. The van der Waals surface area contributed by atoms with Crippen LogP contribution in [0.15, 0.2) is 41.3 Å². The molecule has 0 aromatic heterocycles. The lowest BCUT2D eigenvalue weighted by molar-refractivity contribution is -0.137. The van der Waals surface area contributed by atoms with E-state index in [-0.39, 0.29) is 17.0 Å². The maximum absolute atomic E-state index is 12.5. The highest BCUT2D eigenvalue weighted by atomic mass is 32.2. The van der Waals surface area contributed by atoms with Gasteiger partial charge in [0.15, 0.2) is 0 Å². The summed E-state index contributed by atoms with van der Waals surface area (Å²) in [7, 11) is -3.94. The average Bonchev–Trinajstić information content (AvgIpc) is 2.50. The molecular weight excluding hydrogens is 369 g/mol. The number of carbonyl (C=O) groups is 1. The van der Waals surface area contributed by atoms with Crippen LogP contribution in [0.3, 0.4) is 0 Å². The lowest BCUT2D eigenvalue weighted by atomic mass is 10.1. The Labute approximate surface area is 149 Å². The van der Waals surface area contributed by atoms with Crippen LogP contribution in [0.4, 0.5) is 18.9 Å². The summed E-state index contributed by atoms with van der Waals surface area (Å²) in [5, 5.41) is 7.69. The minimum atomic E-state index is -4.44. The fourth-order valence-corrected chi connectivity index (χ4v) is 2.93. The van der Waals surface area contributed by atoms with E-state index in [1.807, 2.05) is 0 Å². The third-order valence-corrected chi connectivity index (χ3v) is 4.78. The van der Waals surface area contributed by atoms with Crippen molar-refractivity contribution in [2.45, 2.75) is 31.3 Å². The molecule has 2 rings (SSSR count). The Kier molecular flexibility index (Phi) is 5.43. The number of amides is 1. The van der Waals surface area contributed by atoms with Gasteiger partial charge in [-0.05, 0) is 54.8 Å². The van der Waals surface area contributed by atoms with Gasteiger partial charge in [0.05, 0.1) is 16.9 Å². The number of nitrogens with two attached hydrogens (primary N) is 1. The monoisotopic (exact) mass is 386 g/mol. The summed E-state index contributed by atoms with van der Waals surface area (Å²) >= 11 is 0. The molecule has 0 spiro atoms. The molecule has 26 heavy (non-hydrogen) atoms. The number of alkyl halides is 3. The van der Waals surface area contributed by atoms with Crippen LogP contribution >= 0.6 is 0 Å². The topological polar surface area (TPSA) is 89.3 Å². The number of carbonyl (C=O) groups excluding carboxylic acids is 1. The lowest BCUT2D eigenvalue weighted by Gasteiger charge is -2.13. The van der Waals surface area contributed by atoms with E-state index in [1.54, 1.807) is 13.8 Å². The summed E-state index contributed by atoms with van der Waals surface area (Å²) < 4.78 is 60.7. The zero-order valence-electron chi connectivity index (χ0n) is 14.0. The van der Waals surface area contributed by atoms with Crippen molar-refractivity contribution in [1.29, 1.82) is 0 Å². The number of nitrogens with one attached hydrogen (secondary N) is 1. The number of hydrogen-bond donors (Lipinski definition) is 2. The molecule has 1 amide bonds. The first-order valence-electron chi connectivity index (χ1n) is 7.48. The molecule has 9 heteroatoms. The fourth-order valence-electron chi connectivity index (χ4n) is 2.31. The molecule has 0 unspecified atom stereocenters. The Bertz CT molecular complexity index is 937. The van der Waals surface area contributed by atoms with Crippen molar-refractivity contribution in [2.24, 2.45) is 5.14 Å². The summed E-state index contributed by atoms with van der Waals surface area (Å²) in [4.78, 5) is 12.0. The predicted octanol–water partition coefficient (Wildman–Crippen LogP) is 3.15. The molecule has 0 bridgehead atoms. The molecule has 0 saturated carbocycles. The normalized spacial score (nSPS) is 12.1. The molecule has 2 aromatic carbocycles. The van der Waals surface area contributed by atoms with E-state index in [4.69, 9.17) is 5.14 Å². The smallest absolute Gasteiger partial charge is 0.326 e. The van der Waals surface area contributed by atoms with Crippen molar-refractivity contribution < 1.29 is 26.4 Å². The van der Waals surface area contributed by atoms with Gasteiger partial charge < -0.3 is 5.32 Å². The van der Waals surface area contributed by atoms with Gasteiger partial charge in [0.1, 0.15) is 0 Å². The predicted molar refractivity (Wildman–Crippen MR) is 91.1 cm³/mol. The maximum atomic E-state index is 12.5. The summed E-state index contributed by atoms with van der Waals surface area (Å²) in [5.41, 5.74) is 1.17. The van der Waals surface area contributed by atoms with E-state index in [0.717, 1.165) is 12.1 Å². The zero-order chi connectivity index (χ0) is 19.7. The van der Waals surface area contributed by atoms with Crippen molar-refractivity contribution in [3.05, 3.63) is 58.7 Å². The van der Waals surface area contributed by atoms with E-state index in [9.17, 15) is 26.4 Å². The number of halogens is 3. The Morgan fingerprint density at radius 2 is 1.69 bits per heavy atom. The molecule has 0 heterocycles. The molecule has 0 aliphatic rings. The van der Waals surface area contributed by atoms with Crippen LogP contribution in [0.1, 0.15) is 22.3 Å².